The van der Waals surface area contributed by atoms with E-state index in [2.05, 4.69) is 32.6 Å². The summed E-state index contributed by atoms with van der Waals surface area (Å²) in [6.07, 6.45) is 4.26. The maximum atomic E-state index is 12.4. The lowest BCUT2D eigenvalue weighted by Crippen LogP contribution is -2.27. The van der Waals surface area contributed by atoms with E-state index < -0.39 is 11.9 Å². The molecule has 0 radical (unpaired) electrons. The van der Waals surface area contributed by atoms with Crippen molar-refractivity contribution in [1.82, 2.24) is 0 Å². The quantitative estimate of drug-likeness (QED) is 0.338. The minimum absolute atomic E-state index is 0.163. The van der Waals surface area contributed by atoms with Crippen LogP contribution in [0.15, 0.2) is 30.3 Å². The zero-order valence-corrected chi connectivity index (χ0v) is 17.9. The molecule has 1 aromatic carbocycles. The molecular formula is C25H34O4. The van der Waals surface area contributed by atoms with Gasteiger partial charge in [0.1, 0.15) is 0 Å². The number of Topliss-reactive ketones (excluding diaryl/α,β-unsaturated/α-hetero) is 1. The second-order valence-electron chi connectivity index (χ2n) is 9.41. The minimum Gasteiger partial charge on any atom is -0.481 e. The number of ketones is 1. The first-order valence-corrected chi connectivity index (χ1v) is 10.6. The highest BCUT2D eigenvalue weighted by molar-refractivity contribution is 5.98. The van der Waals surface area contributed by atoms with E-state index in [4.69, 9.17) is 9.84 Å². The Labute approximate surface area is 175 Å². The van der Waals surface area contributed by atoms with Gasteiger partial charge in [-0.15, -0.1) is 0 Å². The summed E-state index contributed by atoms with van der Waals surface area (Å²) in [6, 6.07) is 9.89. The predicted octanol–water partition coefficient (Wildman–Crippen LogP) is 5.11. The highest BCUT2D eigenvalue weighted by atomic mass is 16.5. The van der Waals surface area contributed by atoms with E-state index in [1.807, 2.05) is 30.3 Å². The standard InChI is InChI=1S/C25H34O4/c1-25(2,3)17-21-14-20(15-21)11-12-23(26)22(16-24(27)28)10-7-13-29-18-19-8-5-4-6-9-19/h4-6,8-9,20-22H,7,10,13-18H2,1-3H3,(H,27,28). The summed E-state index contributed by atoms with van der Waals surface area (Å²) in [4.78, 5) is 23.6. The molecule has 0 aromatic heterocycles. The number of carbonyl (C=O) groups excluding carboxylic acids is 1. The van der Waals surface area contributed by atoms with Gasteiger partial charge in [0.2, 0.25) is 5.78 Å². The van der Waals surface area contributed by atoms with Crippen molar-refractivity contribution in [2.24, 2.45) is 23.2 Å². The fourth-order valence-corrected chi connectivity index (χ4v) is 3.89. The third kappa shape index (κ3) is 9.28. The molecule has 0 heterocycles. The van der Waals surface area contributed by atoms with Crippen molar-refractivity contribution in [1.29, 1.82) is 0 Å². The number of rotatable bonds is 10. The van der Waals surface area contributed by atoms with Crippen molar-refractivity contribution in [3.63, 3.8) is 0 Å². The monoisotopic (exact) mass is 398 g/mol. The van der Waals surface area contributed by atoms with Gasteiger partial charge in [0.25, 0.3) is 0 Å². The predicted molar refractivity (Wildman–Crippen MR) is 114 cm³/mol. The van der Waals surface area contributed by atoms with Gasteiger partial charge in [0.05, 0.1) is 13.0 Å². The molecule has 1 unspecified atom stereocenters. The summed E-state index contributed by atoms with van der Waals surface area (Å²) < 4.78 is 5.64. The third-order valence-electron chi connectivity index (χ3n) is 5.28. The zero-order valence-electron chi connectivity index (χ0n) is 17.9. The van der Waals surface area contributed by atoms with E-state index in [9.17, 15) is 9.59 Å². The number of hydrogen-bond acceptors (Lipinski definition) is 3. The van der Waals surface area contributed by atoms with E-state index in [0.717, 1.165) is 18.4 Å². The van der Waals surface area contributed by atoms with Crippen molar-refractivity contribution in [2.45, 2.75) is 65.9 Å². The van der Waals surface area contributed by atoms with E-state index in [-0.39, 0.29) is 18.1 Å². The molecule has 1 saturated carbocycles. The van der Waals surface area contributed by atoms with Crippen LogP contribution in [0.2, 0.25) is 0 Å². The van der Waals surface area contributed by atoms with Crippen molar-refractivity contribution >= 4 is 11.8 Å². The SMILES string of the molecule is CC(C)(C)CC1CC(C#CC(=O)C(CCCOCc2ccccc2)CC(=O)O)C1. The Hall–Kier alpha value is -2.12. The summed E-state index contributed by atoms with van der Waals surface area (Å²) in [6.45, 7) is 7.76. The highest BCUT2D eigenvalue weighted by Crippen LogP contribution is 2.40. The number of carboxylic acids is 1. The molecule has 0 amide bonds. The lowest BCUT2D eigenvalue weighted by molar-refractivity contribution is -0.140. The maximum Gasteiger partial charge on any atom is 0.304 e. The van der Waals surface area contributed by atoms with Crippen LogP contribution in [0.25, 0.3) is 0 Å². The summed E-state index contributed by atoms with van der Waals surface area (Å²) in [7, 11) is 0. The van der Waals surface area contributed by atoms with Gasteiger partial charge in [-0.05, 0) is 54.9 Å². The Morgan fingerprint density at radius 1 is 1.21 bits per heavy atom. The van der Waals surface area contributed by atoms with Crippen LogP contribution in [0, 0.1) is 35.0 Å². The summed E-state index contributed by atoms with van der Waals surface area (Å²) in [5.74, 6) is 5.07. The second-order valence-corrected chi connectivity index (χ2v) is 9.41. The van der Waals surface area contributed by atoms with Crippen LogP contribution in [-0.4, -0.2) is 23.5 Å². The Morgan fingerprint density at radius 3 is 2.52 bits per heavy atom. The Morgan fingerprint density at radius 2 is 1.90 bits per heavy atom. The summed E-state index contributed by atoms with van der Waals surface area (Å²) >= 11 is 0. The molecule has 1 atom stereocenters. The summed E-state index contributed by atoms with van der Waals surface area (Å²) in [5.41, 5.74) is 1.43. The fraction of sp³-hybridized carbons (Fsp3) is 0.600. The molecular weight excluding hydrogens is 364 g/mol. The van der Waals surface area contributed by atoms with Crippen LogP contribution in [0.1, 0.15) is 64.9 Å². The number of carbonyl (C=O) groups is 2. The molecule has 0 aliphatic heterocycles. The number of ether oxygens (including phenoxy) is 1. The normalized spacial score (nSPS) is 19.6. The molecule has 29 heavy (non-hydrogen) atoms. The van der Waals surface area contributed by atoms with Crippen molar-refractivity contribution in [2.75, 3.05) is 6.61 Å². The van der Waals surface area contributed by atoms with Crippen molar-refractivity contribution in [3.8, 4) is 11.8 Å². The Balaban J connectivity index is 1.73. The van der Waals surface area contributed by atoms with Gasteiger partial charge < -0.3 is 9.84 Å². The van der Waals surface area contributed by atoms with Gasteiger partial charge in [-0.3, -0.25) is 9.59 Å². The number of benzene rings is 1. The van der Waals surface area contributed by atoms with Crippen LogP contribution in [-0.2, 0) is 20.9 Å². The molecule has 1 aliphatic carbocycles. The first-order chi connectivity index (χ1) is 13.7. The van der Waals surface area contributed by atoms with Gasteiger partial charge in [0, 0.05) is 18.4 Å². The molecule has 158 valence electrons. The van der Waals surface area contributed by atoms with E-state index in [1.54, 1.807) is 0 Å². The summed E-state index contributed by atoms with van der Waals surface area (Å²) in [5, 5.41) is 9.13. The molecule has 4 heteroatoms. The number of aliphatic carboxylic acids is 1. The average molecular weight is 399 g/mol. The molecule has 1 aromatic rings. The zero-order chi connectivity index (χ0) is 21.3. The van der Waals surface area contributed by atoms with Gasteiger partial charge in [-0.2, -0.15) is 0 Å². The Kier molecular flexibility index (Phi) is 8.92. The molecule has 0 bridgehead atoms. The molecule has 0 saturated heterocycles. The van der Waals surface area contributed by atoms with Crippen LogP contribution >= 0.6 is 0 Å². The van der Waals surface area contributed by atoms with Gasteiger partial charge in [-0.25, -0.2) is 0 Å². The topological polar surface area (TPSA) is 63.6 Å². The van der Waals surface area contributed by atoms with Crippen molar-refractivity contribution < 1.29 is 19.4 Å². The first kappa shape index (κ1) is 23.2. The van der Waals surface area contributed by atoms with Gasteiger partial charge in [0.15, 0.2) is 0 Å². The van der Waals surface area contributed by atoms with Crippen LogP contribution in [0.3, 0.4) is 0 Å². The minimum atomic E-state index is -0.954. The van der Waals surface area contributed by atoms with Gasteiger partial charge in [-0.1, -0.05) is 57.0 Å². The van der Waals surface area contributed by atoms with E-state index >= 15 is 0 Å². The smallest absolute Gasteiger partial charge is 0.304 e. The third-order valence-corrected chi connectivity index (χ3v) is 5.28. The number of carboxylic acid groups (broad SMARTS) is 1. The highest BCUT2D eigenvalue weighted by Gasteiger charge is 2.31. The molecule has 0 spiro atoms. The second kappa shape index (κ2) is 11.2. The van der Waals surface area contributed by atoms with Gasteiger partial charge >= 0.3 is 5.97 Å². The van der Waals surface area contributed by atoms with E-state index in [0.29, 0.717) is 37.4 Å². The van der Waals surface area contributed by atoms with Crippen LogP contribution in [0.4, 0.5) is 0 Å². The largest absolute Gasteiger partial charge is 0.481 e. The molecule has 1 fully saturated rings. The lowest BCUT2D eigenvalue weighted by Gasteiger charge is -2.36. The lowest BCUT2D eigenvalue weighted by atomic mass is 9.68. The maximum absolute atomic E-state index is 12.4. The molecule has 1 aliphatic rings. The molecule has 4 nitrogen and oxygen atoms in total. The van der Waals surface area contributed by atoms with Crippen molar-refractivity contribution in [3.05, 3.63) is 35.9 Å². The first-order valence-electron chi connectivity index (χ1n) is 10.6. The average Bonchev–Trinajstić information content (AvgIpc) is 2.61. The van der Waals surface area contributed by atoms with Crippen LogP contribution < -0.4 is 0 Å². The van der Waals surface area contributed by atoms with Crippen LogP contribution in [0.5, 0.6) is 0 Å². The Bertz CT molecular complexity index is 715. The molecule has 2 rings (SSSR count). The molecule has 1 N–H and O–H groups in total. The van der Waals surface area contributed by atoms with E-state index in [1.165, 1.54) is 6.42 Å². The fourth-order valence-electron chi connectivity index (χ4n) is 3.89. The number of hydrogen-bond donors (Lipinski definition) is 1.